The Morgan fingerprint density at radius 1 is 1.38 bits per heavy atom. The number of rotatable bonds is 6. The van der Waals surface area contributed by atoms with Crippen molar-refractivity contribution >= 4 is 5.91 Å². The minimum atomic E-state index is -0.530. The Hall–Kier alpha value is -2.58. The van der Waals surface area contributed by atoms with Crippen LogP contribution in [0.15, 0.2) is 47.3 Å². The second-order valence-electron chi connectivity index (χ2n) is 4.73. The molecule has 0 spiro atoms. The van der Waals surface area contributed by atoms with Gasteiger partial charge in [0.05, 0.1) is 24.2 Å². The van der Waals surface area contributed by atoms with Gasteiger partial charge in [-0.05, 0) is 30.3 Å². The van der Waals surface area contributed by atoms with E-state index < -0.39 is 11.9 Å². The molecule has 2 aromatic rings. The first-order valence-electron chi connectivity index (χ1n) is 6.70. The predicted octanol–water partition coefficient (Wildman–Crippen LogP) is 2.20. The molecule has 0 aliphatic heterocycles. The second kappa shape index (κ2) is 6.73. The van der Waals surface area contributed by atoms with E-state index in [4.69, 9.17) is 15.4 Å². The number of amides is 1. The highest BCUT2D eigenvalue weighted by molar-refractivity contribution is 5.81. The molecule has 5 heteroatoms. The van der Waals surface area contributed by atoms with Gasteiger partial charge in [0.2, 0.25) is 5.91 Å². The third-order valence-electron chi connectivity index (χ3n) is 3.36. The third-order valence-corrected chi connectivity index (χ3v) is 3.36. The molecule has 2 N–H and O–H groups in total. The summed E-state index contributed by atoms with van der Waals surface area (Å²) < 4.78 is 5.06. The first-order valence-corrected chi connectivity index (χ1v) is 6.70. The largest absolute Gasteiger partial charge is 0.472 e. The number of primary amides is 1. The van der Waals surface area contributed by atoms with Crippen LogP contribution in [0, 0.1) is 11.3 Å². The number of nitrogens with two attached hydrogens (primary N) is 1. The molecule has 5 nitrogen and oxygen atoms in total. The molecule has 0 aliphatic rings. The maximum absolute atomic E-state index is 11.9. The number of nitriles is 1. The van der Waals surface area contributed by atoms with Crippen LogP contribution in [-0.4, -0.2) is 17.4 Å². The van der Waals surface area contributed by atoms with E-state index in [2.05, 4.69) is 6.07 Å². The molecule has 0 radical (unpaired) electrons. The van der Waals surface area contributed by atoms with E-state index in [1.54, 1.807) is 36.8 Å². The van der Waals surface area contributed by atoms with Gasteiger partial charge in [0.25, 0.3) is 0 Å². The Morgan fingerprint density at radius 3 is 2.57 bits per heavy atom. The molecule has 1 heterocycles. The summed E-state index contributed by atoms with van der Waals surface area (Å²) in [5, 5.41) is 8.84. The van der Waals surface area contributed by atoms with Gasteiger partial charge in [0.1, 0.15) is 6.04 Å². The molecule has 1 aromatic heterocycles. The third kappa shape index (κ3) is 3.50. The summed E-state index contributed by atoms with van der Waals surface area (Å²) in [6.07, 6.45) is 3.25. The fourth-order valence-corrected chi connectivity index (χ4v) is 2.30. The first-order chi connectivity index (χ1) is 10.2. The second-order valence-corrected chi connectivity index (χ2v) is 4.73. The maximum atomic E-state index is 11.9. The van der Waals surface area contributed by atoms with E-state index in [0.717, 1.165) is 11.1 Å². The molecular formula is C16H17N3O2. The van der Waals surface area contributed by atoms with Crippen molar-refractivity contribution < 1.29 is 9.21 Å². The van der Waals surface area contributed by atoms with Crippen molar-refractivity contribution in [1.29, 1.82) is 5.26 Å². The van der Waals surface area contributed by atoms with E-state index in [9.17, 15) is 4.79 Å². The van der Waals surface area contributed by atoms with Crippen LogP contribution in [0.5, 0.6) is 0 Å². The smallest absolute Gasteiger partial charge is 0.239 e. The molecular weight excluding hydrogens is 266 g/mol. The number of hydrogen-bond donors (Lipinski definition) is 1. The van der Waals surface area contributed by atoms with E-state index in [1.165, 1.54) is 0 Å². The normalized spacial score (nSPS) is 12.0. The molecule has 2 rings (SSSR count). The zero-order chi connectivity index (χ0) is 15.2. The standard InChI is InChI=1S/C16H17N3O2/c1-2-19(10-13-7-8-21-11-13)15(16(18)20)14-5-3-12(9-17)4-6-14/h3-8,11,15H,2,10H2,1H3,(H2,18,20)/t15-/m1/s1. The molecule has 0 aliphatic carbocycles. The van der Waals surface area contributed by atoms with Gasteiger partial charge in [-0.2, -0.15) is 5.26 Å². The molecule has 1 amide bonds. The lowest BCUT2D eigenvalue weighted by molar-refractivity contribution is -0.123. The zero-order valence-corrected chi connectivity index (χ0v) is 11.8. The van der Waals surface area contributed by atoms with Gasteiger partial charge in [-0.15, -0.1) is 0 Å². The van der Waals surface area contributed by atoms with Crippen LogP contribution in [0.4, 0.5) is 0 Å². The average Bonchev–Trinajstić information content (AvgIpc) is 3.00. The van der Waals surface area contributed by atoms with Crippen LogP contribution in [0.2, 0.25) is 0 Å². The lowest BCUT2D eigenvalue weighted by atomic mass is 10.0. The Balaban J connectivity index is 2.27. The molecule has 0 unspecified atom stereocenters. The zero-order valence-electron chi connectivity index (χ0n) is 11.8. The van der Waals surface area contributed by atoms with E-state index in [-0.39, 0.29) is 0 Å². The van der Waals surface area contributed by atoms with Gasteiger partial charge in [0.15, 0.2) is 0 Å². The Kier molecular flexibility index (Phi) is 4.75. The Morgan fingerprint density at radius 2 is 2.10 bits per heavy atom. The van der Waals surface area contributed by atoms with Gasteiger partial charge < -0.3 is 10.2 Å². The summed E-state index contributed by atoms with van der Waals surface area (Å²) in [4.78, 5) is 13.8. The quantitative estimate of drug-likeness (QED) is 0.881. The van der Waals surface area contributed by atoms with Crippen LogP contribution in [0.25, 0.3) is 0 Å². The number of benzene rings is 1. The topological polar surface area (TPSA) is 83.3 Å². The summed E-state index contributed by atoms with van der Waals surface area (Å²) in [6, 6.07) is 10.3. The molecule has 1 atom stereocenters. The van der Waals surface area contributed by atoms with E-state index in [1.807, 2.05) is 17.9 Å². The predicted molar refractivity (Wildman–Crippen MR) is 77.9 cm³/mol. The highest BCUT2D eigenvalue weighted by Crippen LogP contribution is 2.23. The summed E-state index contributed by atoms with van der Waals surface area (Å²) in [6.45, 7) is 3.21. The molecule has 0 saturated heterocycles. The lowest BCUT2D eigenvalue weighted by Crippen LogP contribution is -2.37. The van der Waals surface area contributed by atoms with E-state index in [0.29, 0.717) is 18.7 Å². The van der Waals surface area contributed by atoms with Crippen molar-refractivity contribution in [3.8, 4) is 6.07 Å². The molecule has 0 fully saturated rings. The van der Waals surface area contributed by atoms with Crippen LogP contribution >= 0.6 is 0 Å². The minimum Gasteiger partial charge on any atom is -0.472 e. The van der Waals surface area contributed by atoms with Crippen molar-refractivity contribution in [2.75, 3.05) is 6.54 Å². The van der Waals surface area contributed by atoms with Gasteiger partial charge in [-0.25, -0.2) is 0 Å². The number of furan rings is 1. The van der Waals surface area contributed by atoms with Crippen molar-refractivity contribution in [1.82, 2.24) is 4.90 Å². The number of carbonyl (C=O) groups is 1. The van der Waals surface area contributed by atoms with Crippen LogP contribution in [-0.2, 0) is 11.3 Å². The molecule has 1 aromatic carbocycles. The van der Waals surface area contributed by atoms with Crippen molar-refractivity contribution in [3.63, 3.8) is 0 Å². The van der Waals surface area contributed by atoms with Gasteiger partial charge in [0, 0.05) is 12.1 Å². The van der Waals surface area contributed by atoms with Crippen molar-refractivity contribution in [3.05, 3.63) is 59.5 Å². The SMILES string of the molecule is CCN(Cc1ccoc1)[C@@H](C(N)=O)c1ccc(C#N)cc1. The fourth-order valence-electron chi connectivity index (χ4n) is 2.30. The van der Waals surface area contributed by atoms with Crippen LogP contribution < -0.4 is 5.73 Å². The molecule has 108 valence electrons. The van der Waals surface area contributed by atoms with Gasteiger partial charge in [-0.1, -0.05) is 19.1 Å². The Bertz CT molecular complexity index is 627. The van der Waals surface area contributed by atoms with Gasteiger partial charge >= 0.3 is 0 Å². The van der Waals surface area contributed by atoms with Crippen molar-refractivity contribution in [2.45, 2.75) is 19.5 Å². The highest BCUT2D eigenvalue weighted by Gasteiger charge is 2.25. The summed E-state index contributed by atoms with van der Waals surface area (Å²) >= 11 is 0. The fraction of sp³-hybridized carbons (Fsp3) is 0.250. The van der Waals surface area contributed by atoms with Gasteiger partial charge in [-0.3, -0.25) is 9.69 Å². The monoisotopic (exact) mass is 283 g/mol. The summed E-state index contributed by atoms with van der Waals surface area (Å²) in [5.41, 5.74) is 7.90. The minimum absolute atomic E-state index is 0.412. The van der Waals surface area contributed by atoms with Crippen LogP contribution in [0.3, 0.4) is 0 Å². The highest BCUT2D eigenvalue weighted by atomic mass is 16.3. The maximum Gasteiger partial charge on any atom is 0.239 e. The number of hydrogen-bond acceptors (Lipinski definition) is 4. The molecule has 0 bridgehead atoms. The van der Waals surface area contributed by atoms with Crippen molar-refractivity contribution in [2.24, 2.45) is 5.73 Å². The number of likely N-dealkylation sites (N-methyl/N-ethyl adjacent to an activating group) is 1. The van der Waals surface area contributed by atoms with E-state index >= 15 is 0 Å². The Labute approximate surface area is 123 Å². The number of carbonyl (C=O) groups excluding carboxylic acids is 1. The summed E-state index contributed by atoms with van der Waals surface area (Å²) in [5.74, 6) is -0.412. The first kappa shape index (κ1) is 14.8. The molecule has 21 heavy (non-hydrogen) atoms. The number of nitrogens with zero attached hydrogens (tertiary/aromatic N) is 2. The van der Waals surface area contributed by atoms with Crippen LogP contribution in [0.1, 0.15) is 29.7 Å². The molecule has 0 saturated carbocycles. The lowest BCUT2D eigenvalue weighted by Gasteiger charge is -2.28. The average molecular weight is 283 g/mol. The summed E-state index contributed by atoms with van der Waals surface area (Å²) in [7, 11) is 0.